The van der Waals surface area contributed by atoms with Gasteiger partial charge in [0.2, 0.25) is 0 Å². The maximum absolute atomic E-state index is 8.03. The standard InChI is InChI=1S/C14H20BNO4/c1-13(2)14(3,4)20-15(19-13)12-7-10(5-6-16-12)18-11-8-17-9-11/h5-7,11H,8-9H2,1-4H3/i8D2,9D2,11D. The van der Waals surface area contributed by atoms with E-state index >= 15 is 0 Å². The molecule has 1 aromatic heterocycles. The van der Waals surface area contributed by atoms with Crippen molar-refractivity contribution >= 4 is 12.7 Å². The molecule has 0 bridgehead atoms. The molecular weight excluding hydrogens is 257 g/mol. The second kappa shape index (κ2) is 4.72. The molecule has 3 heterocycles. The first-order chi connectivity index (χ1) is 11.2. The van der Waals surface area contributed by atoms with E-state index in [2.05, 4.69) is 9.72 Å². The lowest BCUT2D eigenvalue weighted by atomic mass is 9.84. The van der Waals surface area contributed by atoms with Crippen molar-refractivity contribution in [1.29, 1.82) is 0 Å². The molecule has 0 radical (unpaired) electrons. The van der Waals surface area contributed by atoms with Crippen molar-refractivity contribution in [3.8, 4) is 5.75 Å². The summed E-state index contributed by atoms with van der Waals surface area (Å²) >= 11 is 0. The van der Waals surface area contributed by atoms with Gasteiger partial charge in [0.1, 0.15) is 11.8 Å². The molecule has 6 heteroatoms. The highest BCUT2D eigenvalue weighted by atomic mass is 16.7. The zero-order valence-corrected chi connectivity index (χ0v) is 11.9. The van der Waals surface area contributed by atoms with E-state index in [0.29, 0.717) is 5.59 Å². The normalized spacial score (nSPS) is 34.8. The molecule has 1 aromatic rings. The molecule has 0 unspecified atom stereocenters. The third kappa shape index (κ3) is 2.43. The second-order valence-corrected chi connectivity index (χ2v) is 5.74. The summed E-state index contributed by atoms with van der Waals surface area (Å²) in [7, 11) is -0.749. The van der Waals surface area contributed by atoms with Gasteiger partial charge in [-0.1, -0.05) is 0 Å². The Morgan fingerprint density at radius 3 is 2.60 bits per heavy atom. The highest BCUT2D eigenvalue weighted by molar-refractivity contribution is 6.61. The van der Waals surface area contributed by atoms with Crippen molar-refractivity contribution < 1.29 is 25.6 Å². The molecule has 5 nitrogen and oxygen atoms in total. The molecule has 2 saturated heterocycles. The van der Waals surface area contributed by atoms with Crippen LogP contribution in [-0.4, -0.2) is 42.5 Å². The van der Waals surface area contributed by atoms with Crippen LogP contribution < -0.4 is 10.3 Å². The molecular formula is C14H20BNO4. The minimum atomic E-state index is -2.58. The second-order valence-electron chi connectivity index (χ2n) is 5.74. The van der Waals surface area contributed by atoms with Crippen LogP contribution in [0.5, 0.6) is 5.75 Å². The first-order valence-corrected chi connectivity index (χ1v) is 6.42. The van der Waals surface area contributed by atoms with Crippen molar-refractivity contribution in [3.05, 3.63) is 18.3 Å². The lowest BCUT2D eigenvalue weighted by Crippen LogP contribution is -2.41. The van der Waals surface area contributed by atoms with E-state index in [0.717, 1.165) is 0 Å². The maximum Gasteiger partial charge on any atom is 0.514 e. The fourth-order valence-corrected chi connectivity index (χ4v) is 1.84. The number of aromatic nitrogens is 1. The van der Waals surface area contributed by atoms with Gasteiger partial charge in [0.15, 0.2) is 0 Å². The molecule has 0 aromatic carbocycles. The van der Waals surface area contributed by atoms with E-state index in [4.69, 9.17) is 20.9 Å². The van der Waals surface area contributed by atoms with E-state index in [1.54, 1.807) is 0 Å². The van der Waals surface area contributed by atoms with Crippen LogP contribution in [0.15, 0.2) is 18.3 Å². The largest absolute Gasteiger partial charge is 0.514 e. The van der Waals surface area contributed by atoms with Gasteiger partial charge in [0.05, 0.1) is 36.8 Å². The lowest BCUT2D eigenvalue weighted by Gasteiger charge is -2.32. The van der Waals surface area contributed by atoms with Crippen molar-refractivity contribution in [2.45, 2.75) is 45.0 Å². The van der Waals surface area contributed by atoms with E-state index in [-0.39, 0.29) is 5.75 Å². The lowest BCUT2D eigenvalue weighted by molar-refractivity contribution is -0.0796. The zero-order chi connectivity index (χ0) is 18.9. The molecule has 0 aliphatic carbocycles. The Labute approximate surface area is 126 Å². The smallest absolute Gasteiger partial charge is 0.486 e. The van der Waals surface area contributed by atoms with Gasteiger partial charge in [-0.05, 0) is 39.8 Å². The van der Waals surface area contributed by atoms with Crippen molar-refractivity contribution in [3.63, 3.8) is 0 Å². The molecule has 0 atom stereocenters. The van der Waals surface area contributed by atoms with Crippen molar-refractivity contribution in [2.24, 2.45) is 0 Å². The number of pyridine rings is 1. The minimum Gasteiger partial charge on any atom is -0.486 e. The summed E-state index contributed by atoms with van der Waals surface area (Å²) in [5.74, 6) is 0.0748. The fourth-order valence-electron chi connectivity index (χ4n) is 1.84. The topological polar surface area (TPSA) is 49.8 Å². The van der Waals surface area contributed by atoms with Gasteiger partial charge < -0.3 is 18.8 Å². The molecule has 0 spiro atoms. The number of rotatable bonds is 3. The summed E-state index contributed by atoms with van der Waals surface area (Å²) in [5.41, 5.74) is -0.714. The zero-order valence-electron chi connectivity index (χ0n) is 16.9. The maximum atomic E-state index is 8.03. The Morgan fingerprint density at radius 2 is 2.00 bits per heavy atom. The predicted molar refractivity (Wildman–Crippen MR) is 75.2 cm³/mol. The summed E-state index contributed by atoms with van der Waals surface area (Å²) < 4.78 is 59.9. The van der Waals surface area contributed by atoms with E-state index < -0.39 is 37.5 Å². The van der Waals surface area contributed by atoms with Crippen LogP contribution in [0.4, 0.5) is 0 Å². The molecule has 2 aliphatic rings. The van der Waals surface area contributed by atoms with E-state index in [9.17, 15) is 0 Å². The molecule has 108 valence electrons. The van der Waals surface area contributed by atoms with Gasteiger partial charge in [-0.3, -0.25) is 4.98 Å². The van der Waals surface area contributed by atoms with Crippen LogP contribution in [0.2, 0.25) is 0 Å². The van der Waals surface area contributed by atoms with Crippen LogP contribution in [0, 0.1) is 0 Å². The van der Waals surface area contributed by atoms with Crippen LogP contribution >= 0.6 is 0 Å². The molecule has 0 amide bonds. The summed E-state index contributed by atoms with van der Waals surface area (Å²) in [4.78, 5) is 4.19. The average molecular weight is 282 g/mol. The Morgan fingerprint density at radius 1 is 1.35 bits per heavy atom. The molecule has 0 saturated carbocycles. The van der Waals surface area contributed by atoms with Crippen molar-refractivity contribution in [1.82, 2.24) is 4.98 Å². The highest BCUT2D eigenvalue weighted by Crippen LogP contribution is 2.36. The van der Waals surface area contributed by atoms with E-state index in [1.807, 2.05) is 27.7 Å². The van der Waals surface area contributed by atoms with Gasteiger partial charge in [0.25, 0.3) is 0 Å². The summed E-state index contributed by atoms with van der Waals surface area (Å²) in [5, 5.41) is 0. The number of nitrogens with zero attached hydrogens (tertiary/aromatic N) is 1. The first kappa shape index (κ1) is 9.02. The third-order valence-electron chi connectivity index (χ3n) is 3.75. The number of hydrogen-bond acceptors (Lipinski definition) is 5. The minimum absolute atomic E-state index is 0.0748. The fraction of sp³-hybridized carbons (Fsp3) is 0.643. The van der Waals surface area contributed by atoms with Crippen LogP contribution in [-0.2, 0) is 14.0 Å². The highest BCUT2D eigenvalue weighted by Gasteiger charge is 2.52. The van der Waals surface area contributed by atoms with Gasteiger partial charge in [0, 0.05) is 6.20 Å². The Bertz CT molecular complexity index is 670. The van der Waals surface area contributed by atoms with Gasteiger partial charge in [-0.2, -0.15) is 0 Å². The summed E-state index contributed by atoms with van der Waals surface area (Å²) in [6, 6.07) is 2.86. The molecule has 20 heavy (non-hydrogen) atoms. The molecule has 2 aliphatic heterocycles. The van der Waals surface area contributed by atoms with Crippen LogP contribution in [0.3, 0.4) is 0 Å². The monoisotopic (exact) mass is 282 g/mol. The summed E-state index contributed by atoms with van der Waals surface area (Å²) in [6.45, 7) is 2.46. The Kier molecular flexibility index (Phi) is 2.13. The number of hydrogen-bond donors (Lipinski definition) is 0. The summed E-state index contributed by atoms with van der Waals surface area (Å²) in [6.07, 6.45) is -1.13. The quantitative estimate of drug-likeness (QED) is 0.779. The van der Waals surface area contributed by atoms with Gasteiger partial charge >= 0.3 is 7.12 Å². The molecule has 2 fully saturated rings. The number of ether oxygens (including phenoxy) is 2. The van der Waals surface area contributed by atoms with Crippen LogP contribution in [0.25, 0.3) is 0 Å². The molecule has 0 N–H and O–H groups in total. The van der Waals surface area contributed by atoms with Crippen LogP contribution in [0.1, 0.15) is 34.5 Å². The predicted octanol–water partition coefficient (Wildman–Crippen LogP) is 1.16. The van der Waals surface area contributed by atoms with Crippen molar-refractivity contribution in [2.75, 3.05) is 13.1 Å². The SMILES string of the molecule is [2H]C1([2H])OC([2H])([2H])C1([2H])Oc1ccnc(B2OC(C)(C)C(C)(C)O2)c1. The van der Waals surface area contributed by atoms with Gasteiger partial charge in [-0.25, -0.2) is 0 Å². The van der Waals surface area contributed by atoms with Gasteiger partial charge in [-0.15, -0.1) is 0 Å². The average Bonchev–Trinajstić information content (AvgIpc) is 2.66. The third-order valence-corrected chi connectivity index (χ3v) is 3.75. The Balaban J connectivity index is 1.84. The van der Waals surface area contributed by atoms with E-state index in [1.165, 1.54) is 18.3 Å². The molecule has 3 rings (SSSR count). The Hall–Kier alpha value is -1.11. The first-order valence-electron chi connectivity index (χ1n) is 8.92.